The zero-order valence-electron chi connectivity index (χ0n) is 12.5. The third kappa shape index (κ3) is 2.42. The van der Waals surface area contributed by atoms with Crippen molar-refractivity contribution in [3.05, 3.63) is 17.0 Å². The van der Waals surface area contributed by atoms with E-state index in [1.54, 1.807) is 16.5 Å². The summed E-state index contributed by atoms with van der Waals surface area (Å²) < 4.78 is 6.75. The second kappa shape index (κ2) is 5.64. The fraction of sp³-hybridized carbons (Fsp3) is 0.643. The van der Waals surface area contributed by atoms with Gasteiger partial charge >= 0.3 is 5.97 Å². The minimum atomic E-state index is -0.457. The molecular weight excluding hydrogens is 258 g/mol. The van der Waals surface area contributed by atoms with Gasteiger partial charge < -0.3 is 9.64 Å². The number of rotatable bonds is 3. The molecule has 1 unspecified atom stereocenters. The van der Waals surface area contributed by atoms with Crippen molar-refractivity contribution in [3.8, 4) is 0 Å². The van der Waals surface area contributed by atoms with Gasteiger partial charge in [0.15, 0.2) is 0 Å². The summed E-state index contributed by atoms with van der Waals surface area (Å²) in [7, 11) is 1.81. The number of hydrogen-bond acceptors (Lipinski definition) is 4. The fourth-order valence-corrected chi connectivity index (χ4v) is 2.72. The van der Waals surface area contributed by atoms with E-state index >= 15 is 0 Å². The number of carbonyl (C=O) groups excluding carboxylic acids is 2. The second-order valence-corrected chi connectivity index (χ2v) is 5.08. The quantitative estimate of drug-likeness (QED) is 0.780. The van der Waals surface area contributed by atoms with Crippen LogP contribution >= 0.6 is 0 Å². The van der Waals surface area contributed by atoms with Gasteiger partial charge in [-0.25, -0.2) is 4.79 Å². The monoisotopic (exact) mass is 279 g/mol. The van der Waals surface area contributed by atoms with Gasteiger partial charge in [-0.2, -0.15) is 5.10 Å². The topological polar surface area (TPSA) is 64.4 Å². The maximum atomic E-state index is 12.7. The molecule has 0 aliphatic carbocycles. The van der Waals surface area contributed by atoms with Crippen molar-refractivity contribution < 1.29 is 14.3 Å². The van der Waals surface area contributed by atoms with E-state index in [0.29, 0.717) is 30.8 Å². The van der Waals surface area contributed by atoms with Crippen LogP contribution in [0.25, 0.3) is 0 Å². The number of amides is 1. The van der Waals surface area contributed by atoms with Crippen LogP contribution < -0.4 is 0 Å². The van der Waals surface area contributed by atoms with Crippen molar-refractivity contribution in [2.45, 2.75) is 39.7 Å². The lowest BCUT2D eigenvalue weighted by Gasteiger charge is -2.23. The van der Waals surface area contributed by atoms with E-state index < -0.39 is 6.04 Å². The highest BCUT2D eigenvalue weighted by Crippen LogP contribution is 2.23. The molecule has 0 aromatic carbocycles. The largest absolute Gasteiger partial charge is 0.464 e. The third-order valence-electron chi connectivity index (χ3n) is 3.80. The highest BCUT2D eigenvalue weighted by Gasteiger charge is 2.37. The maximum Gasteiger partial charge on any atom is 0.328 e. The molecule has 0 bridgehead atoms. The molecule has 1 aromatic rings. The standard InChI is InChI=1S/C14H21N3O3/c1-5-20-14(19)11-7-6-8-17(11)13(18)12-9(2)15-16(4)10(12)3/h11H,5-8H2,1-4H3. The first-order chi connectivity index (χ1) is 9.47. The molecule has 1 aliphatic rings. The molecule has 110 valence electrons. The number of likely N-dealkylation sites (tertiary alicyclic amines) is 1. The molecule has 6 heteroatoms. The van der Waals surface area contributed by atoms with Gasteiger partial charge in [0.2, 0.25) is 0 Å². The molecule has 0 radical (unpaired) electrons. The zero-order valence-corrected chi connectivity index (χ0v) is 12.5. The van der Waals surface area contributed by atoms with Gasteiger partial charge in [0, 0.05) is 19.3 Å². The van der Waals surface area contributed by atoms with Crippen LogP contribution in [0.1, 0.15) is 41.5 Å². The lowest BCUT2D eigenvalue weighted by Crippen LogP contribution is -2.41. The normalized spacial score (nSPS) is 18.4. The number of nitrogens with zero attached hydrogens (tertiary/aromatic N) is 3. The van der Waals surface area contributed by atoms with Crippen molar-refractivity contribution in [3.63, 3.8) is 0 Å². The van der Waals surface area contributed by atoms with Crippen molar-refractivity contribution in [1.29, 1.82) is 0 Å². The number of hydrogen-bond donors (Lipinski definition) is 0. The summed E-state index contributed by atoms with van der Waals surface area (Å²) >= 11 is 0. The number of aryl methyl sites for hydroxylation is 2. The summed E-state index contributed by atoms with van der Waals surface area (Å²) in [6.45, 7) is 6.38. The number of esters is 1. The summed E-state index contributed by atoms with van der Waals surface area (Å²) in [4.78, 5) is 26.2. The first-order valence-corrected chi connectivity index (χ1v) is 6.95. The molecule has 6 nitrogen and oxygen atoms in total. The Kier molecular flexibility index (Phi) is 4.11. The van der Waals surface area contributed by atoms with E-state index in [0.717, 1.165) is 12.1 Å². The molecule has 0 N–H and O–H groups in total. The Labute approximate surface area is 118 Å². The number of aromatic nitrogens is 2. The predicted molar refractivity (Wildman–Crippen MR) is 73.4 cm³/mol. The van der Waals surface area contributed by atoms with Gasteiger partial charge in [0.1, 0.15) is 6.04 Å². The Hall–Kier alpha value is -1.85. The van der Waals surface area contributed by atoms with E-state index in [4.69, 9.17) is 4.74 Å². The summed E-state index contributed by atoms with van der Waals surface area (Å²) in [6, 6.07) is -0.457. The van der Waals surface area contributed by atoms with Gasteiger partial charge in [-0.15, -0.1) is 0 Å². The summed E-state index contributed by atoms with van der Waals surface area (Å²) in [5.41, 5.74) is 2.12. The molecule has 2 rings (SSSR count). The van der Waals surface area contributed by atoms with E-state index in [1.165, 1.54) is 0 Å². The van der Waals surface area contributed by atoms with E-state index in [9.17, 15) is 9.59 Å². The van der Waals surface area contributed by atoms with E-state index in [1.807, 2.05) is 20.9 Å². The molecule has 1 fully saturated rings. The number of ether oxygens (including phenoxy) is 1. The summed E-state index contributed by atoms with van der Waals surface area (Å²) in [5, 5.41) is 4.26. The Morgan fingerprint density at radius 2 is 2.10 bits per heavy atom. The van der Waals surface area contributed by atoms with Crippen LogP contribution in [0.3, 0.4) is 0 Å². The SMILES string of the molecule is CCOC(=O)C1CCCN1C(=O)c1c(C)nn(C)c1C. The highest BCUT2D eigenvalue weighted by atomic mass is 16.5. The van der Waals surface area contributed by atoms with Crippen molar-refractivity contribution in [2.24, 2.45) is 7.05 Å². The van der Waals surface area contributed by atoms with Crippen molar-refractivity contribution in [1.82, 2.24) is 14.7 Å². The average Bonchev–Trinajstić information content (AvgIpc) is 2.96. The van der Waals surface area contributed by atoms with Crippen molar-refractivity contribution in [2.75, 3.05) is 13.2 Å². The highest BCUT2D eigenvalue weighted by molar-refractivity contribution is 5.99. The molecular formula is C14H21N3O3. The third-order valence-corrected chi connectivity index (χ3v) is 3.80. The Morgan fingerprint density at radius 3 is 2.65 bits per heavy atom. The van der Waals surface area contributed by atoms with Crippen LogP contribution in [-0.4, -0.2) is 45.8 Å². The smallest absolute Gasteiger partial charge is 0.328 e. The van der Waals surface area contributed by atoms with Gasteiger partial charge in [0.05, 0.1) is 17.9 Å². The minimum Gasteiger partial charge on any atom is -0.464 e. The molecule has 1 aromatic heterocycles. The van der Waals surface area contributed by atoms with Gasteiger partial charge in [-0.05, 0) is 33.6 Å². The molecule has 1 atom stereocenters. The van der Waals surface area contributed by atoms with Gasteiger partial charge in [-0.1, -0.05) is 0 Å². The molecule has 1 amide bonds. The zero-order chi connectivity index (χ0) is 14.9. The predicted octanol–water partition coefficient (Wildman–Crippen LogP) is 1.20. The van der Waals surface area contributed by atoms with E-state index in [-0.39, 0.29) is 11.9 Å². The van der Waals surface area contributed by atoms with Crippen LogP contribution in [0.4, 0.5) is 0 Å². The lowest BCUT2D eigenvalue weighted by atomic mass is 10.1. The second-order valence-electron chi connectivity index (χ2n) is 5.08. The Balaban J connectivity index is 2.26. The molecule has 0 saturated carbocycles. The van der Waals surface area contributed by atoms with Crippen LogP contribution in [-0.2, 0) is 16.6 Å². The lowest BCUT2D eigenvalue weighted by molar-refractivity contribution is -0.147. The Morgan fingerprint density at radius 1 is 1.40 bits per heavy atom. The maximum absolute atomic E-state index is 12.7. The average molecular weight is 279 g/mol. The molecule has 0 spiro atoms. The molecule has 2 heterocycles. The van der Waals surface area contributed by atoms with Crippen LogP contribution in [0.15, 0.2) is 0 Å². The van der Waals surface area contributed by atoms with Crippen molar-refractivity contribution >= 4 is 11.9 Å². The summed E-state index contributed by atoms with van der Waals surface area (Å²) in [5.74, 6) is -0.429. The first kappa shape index (κ1) is 14.6. The number of carbonyl (C=O) groups is 2. The molecule has 1 saturated heterocycles. The molecule has 20 heavy (non-hydrogen) atoms. The van der Waals surface area contributed by atoms with Crippen LogP contribution in [0.2, 0.25) is 0 Å². The Bertz CT molecular complexity index is 536. The van der Waals surface area contributed by atoms with Crippen LogP contribution in [0, 0.1) is 13.8 Å². The molecule has 1 aliphatic heterocycles. The van der Waals surface area contributed by atoms with Gasteiger partial charge in [-0.3, -0.25) is 9.48 Å². The summed E-state index contributed by atoms with van der Waals surface area (Å²) in [6.07, 6.45) is 1.50. The van der Waals surface area contributed by atoms with E-state index in [2.05, 4.69) is 5.10 Å². The fourth-order valence-electron chi connectivity index (χ4n) is 2.72. The minimum absolute atomic E-state index is 0.122. The van der Waals surface area contributed by atoms with Crippen LogP contribution in [0.5, 0.6) is 0 Å². The van der Waals surface area contributed by atoms with Gasteiger partial charge in [0.25, 0.3) is 5.91 Å². The first-order valence-electron chi connectivity index (χ1n) is 6.95.